The summed E-state index contributed by atoms with van der Waals surface area (Å²) in [7, 11) is 2.94. The quantitative estimate of drug-likeness (QED) is 0.764. The maximum absolute atomic E-state index is 10.9. The van der Waals surface area contributed by atoms with E-state index in [0.29, 0.717) is 6.42 Å². The van der Waals surface area contributed by atoms with E-state index in [2.05, 4.69) is 4.74 Å². The van der Waals surface area contributed by atoms with Gasteiger partial charge in [0.2, 0.25) is 0 Å². The zero-order valence-corrected chi connectivity index (χ0v) is 10.2. The van der Waals surface area contributed by atoms with Gasteiger partial charge in [0.15, 0.2) is 0 Å². The van der Waals surface area contributed by atoms with E-state index in [0.717, 1.165) is 17.7 Å². The largest absolute Gasteiger partial charge is 0.497 e. The number of aliphatic hydroxyl groups is 1. The molecule has 0 amide bonds. The Kier molecular flexibility index (Phi) is 5.49. The molecular weight excluding hydrogens is 220 g/mol. The third-order valence-electron chi connectivity index (χ3n) is 2.56. The van der Waals surface area contributed by atoms with E-state index in [1.807, 2.05) is 24.3 Å². The normalized spacial score (nSPS) is 11.9. The molecule has 1 atom stereocenters. The second kappa shape index (κ2) is 6.91. The van der Waals surface area contributed by atoms with Crippen LogP contribution in [0.3, 0.4) is 0 Å². The van der Waals surface area contributed by atoms with Gasteiger partial charge in [-0.3, -0.25) is 4.79 Å². The molecule has 1 unspecified atom stereocenters. The first-order chi connectivity index (χ1) is 8.15. The van der Waals surface area contributed by atoms with Crippen LogP contribution in [-0.2, 0) is 16.0 Å². The van der Waals surface area contributed by atoms with Gasteiger partial charge >= 0.3 is 5.97 Å². The molecule has 4 heteroatoms. The van der Waals surface area contributed by atoms with Crippen LogP contribution in [0.1, 0.15) is 18.4 Å². The maximum Gasteiger partial charge on any atom is 0.308 e. The predicted molar refractivity (Wildman–Crippen MR) is 64.0 cm³/mol. The smallest absolute Gasteiger partial charge is 0.308 e. The molecule has 1 rings (SSSR count). The van der Waals surface area contributed by atoms with Gasteiger partial charge in [0.25, 0.3) is 0 Å². The van der Waals surface area contributed by atoms with Crippen LogP contribution in [0.5, 0.6) is 5.75 Å². The fraction of sp³-hybridized carbons (Fsp3) is 0.462. The number of rotatable bonds is 6. The minimum atomic E-state index is -0.649. The summed E-state index contributed by atoms with van der Waals surface area (Å²) in [4.78, 5) is 10.9. The van der Waals surface area contributed by atoms with Crippen LogP contribution in [0.25, 0.3) is 0 Å². The molecule has 0 aliphatic heterocycles. The number of benzene rings is 1. The average Bonchev–Trinajstić information content (AvgIpc) is 2.36. The maximum atomic E-state index is 10.9. The van der Waals surface area contributed by atoms with E-state index >= 15 is 0 Å². The van der Waals surface area contributed by atoms with Gasteiger partial charge in [-0.25, -0.2) is 0 Å². The van der Waals surface area contributed by atoms with E-state index < -0.39 is 6.10 Å². The van der Waals surface area contributed by atoms with Crippen molar-refractivity contribution in [3.8, 4) is 5.75 Å². The highest BCUT2D eigenvalue weighted by Gasteiger charge is 2.10. The second-order valence-electron chi connectivity index (χ2n) is 3.82. The first-order valence-corrected chi connectivity index (χ1v) is 5.53. The Bertz CT molecular complexity index is 345. The summed E-state index contributed by atoms with van der Waals surface area (Å²) in [6.45, 7) is 0. The van der Waals surface area contributed by atoms with Crippen molar-refractivity contribution in [2.75, 3.05) is 14.2 Å². The molecule has 0 saturated carbocycles. The Morgan fingerprint density at radius 3 is 2.47 bits per heavy atom. The number of esters is 1. The third-order valence-corrected chi connectivity index (χ3v) is 2.56. The number of hydrogen-bond acceptors (Lipinski definition) is 4. The number of hydrogen-bond donors (Lipinski definition) is 1. The highest BCUT2D eigenvalue weighted by molar-refractivity contribution is 5.69. The zero-order valence-electron chi connectivity index (χ0n) is 10.2. The van der Waals surface area contributed by atoms with Gasteiger partial charge in [0.05, 0.1) is 26.7 Å². The van der Waals surface area contributed by atoms with E-state index in [4.69, 9.17) is 4.74 Å². The zero-order chi connectivity index (χ0) is 12.7. The van der Waals surface area contributed by atoms with Crippen LogP contribution in [0.15, 0.2) is 24.3 Å². The van der Waals surface area contributed by atoms with E-state index in [9.17, 15) is 9.90 Å². The van der Waals surface area contributed by atoms with Gasteiger partial charge in [0.1, 0.15) is 5.75 Å². The van der Waals surface area contributed by atoms with Crippen molar-refractivity contribution in [3.05, 3.63) is 29.8 Å². The molecule has 1 aromatic carbocycles. The van der Waals surface area contributed by atoms with E-state index in [1.54, 1.807) is 7.11 Å². The SMILES string of the molecule is COC(=O)CC(O)CCc1ccc(OC)cc1. The number of methoxy groups -OCH3 is 2. The summed E-state index contributed by atoms with van der Waals surface area (Å²) in [5.41, 5.74) is 1.11. The van der Waals surface area contributed by atoms with Crippen LogP contribution in [0, 0.1) is 0 Å². The van der Waals surface area contributed by atoms with Crippen molar-refractivity contribution in [1.29, 1.82) is 0 Å². The standard InChI is InChI=1S/C13H18O4/c1-16-12-7-4-10(5-8-12)3-6-11(14)9-13(15)17-2/h4-5,7-8,11,14H,3,6,9H2,1-2H3. The lowest BCUT2D eigenvalue weighted by Crippen LogP contribution is -2.15. The highest BCUT2D eigenvalue weighted by atomic mass is 16.5. The van der Waals surface area contributed by atoms with Crippen LogP contribution in [0.2, 0.25) is 0 Å². The molecule has 0 radical (unpaired) electrons. The summed E-state index contributed by atoms with van der Waals surface area (Å²) >= 11 is 0. The van der Waals surface area contributed by atoms with E-state index in [-0.39, 0.29) is 12.4 Å². The highest BCUT2D eigenvalue weighted by Crippen LogP contribution is 2.13. The lowest BCUT2D eigenvalue weighted by atomic mass is 10.1. The molecule has 0 aliphatic rings. The minimum absolute atomic E-state index is 0.0483. The van der Waals surface area contributed by atoms with Crippen molar-refractivity contribution >= 4 is 5.97 Å². The monoisotopic (exact) mass is 238 g/mol. The molecule has 0 aliphatic carbocycles. The van der Waals surface area contributed by atoms with Crippen LogP contribution in [-0.4, -0.2) is 31.4 Å². The lowest BCUT2D eigenvalue weighted by Gasteiger charge is -2.09. The Balaban J connectivity index is 2.36. The molecule has 1 aromatic rings. The van der Waals surface area contributed by atoms with Crippen molar-refractivity contribution in [2.24, 2.45) is 0 Å². The van der Waals surface area contributed by atoms with E-state index in [1.165, 1.54) is 7.11 Å². The lowest BCUT2D eigenvalue weighted by molar-refractivity contribution is -0.142. The number of aliphatic hydroxyl groups excluding tert-OH is 1. The molecular formula is C13H18O4. The first kappa shape index (κ1) is 13.5. The first-order valence-electron chi connectivity index (χ1n) is 5.53. The van der Waals surface area contributed by atoms with Gasteiger partial charge in [-0.2, -0.15) is 0 Å². The van der Waals surface area contributed by atoms with Crippen LogP contribution in [0.4, 0.5) is 0 Å². The second-order valence-corrected chi connectivity index (χ2v) is 3.82. The van der Waals surface area contributed by atoms with Crippen LogP contribution < -0.4 is 4.74 Å². The molecule has 0 fully saturated rings. The fourth-order valence-corrected chi connectivity index (χ4v) is 1.50. The average molecular weight is 238 g/mol. The molecule has 0 aromatic heterocycles. The molecule has 0 spiro atoms. The molecule has 0 saturated heterocycles. The summed E-state index contributed by atoms with van der Waals surface area (Å²) in [6.07, 6.45) is 0.667. The molecule has 0 bridgehead atoms. The van der Waals surface area contributed by atoms with Crippen molar-refractivity contribution < 1.29 is 19.4 Å². The summed E-state index contributed by atoms with van der Waals surface area (Å²) < 4.78 is 9.54. The number of carbonyl (C=O) groups is 1. The third kappa shape index (κ3) is 4.87. The predicted octanol–water partition coefficient (Wildman–Crippen LogP) is 1.55. The Morgan fingerprint density at radius 1 is 1.29 bits per heavy atom. The topological polar surface area (TPSA) is 55.8 Å². The molecule has 17 heavy (non-hydrogen) atoms. The fourth-order valence-electron chi connectivity index (χ4n) is 1.50. The van der Waals surface area contributed by atoms with Crippen molar-refractivity contribution in [3.63, 3.8) is 0 Å². The minimum Gasteiger partial charge on any atom is -0.497 e. The molecule has 1 N–H and O–H groups in total. The summed E-state index contributed by atoms with van der Waals surface area (Å²) in [6, 6.07) is 7.65. The van der Waals surface area contributed by atoms with Gasteiger partial charge in [-0.05, 0) is 30.5 Å². The van der Waals surface area contributed by atoms with Gasteiger partial charge in [-0.15, -0.1) is 0 Å². The van der Waals surface area contributed by atoms with Crippen molar-refractivity contribution in [2.45, 2.75) is 25.4 Å². The Hall–Kier alpha value is -1.55. The number of carbonyl (C=O) groups excluding carboxylic acids is 1. The van der Waals surface area contributed by atoms with Gasteiger partial charge < -0.3 is 14.6 Å². The molecule has 0 heterocycles. The number of aryl methyl sites for hydroxylation is 1. The van der Waals surface area contributed by atoms with Gasteiger partial charge in [-0.1, -0.05) is 12.1 Å². The Labute approximate surface area is 101 Å². The summed E-state index contributed by atoms with van der Waals surface area (Å²) in [5, 5.41) is 9.59. The van der Waals surface area contributed by atoms with Crippen molar-refractivity contribution in [1.82, 2.24) is 0 Å². The number of ether oxygens (including phenoxy) is 2. The summed E-state index contributed by atoms with van der Waals surface area (Å²) in [5.74, 6) is 0.427. The van der Waals surface area contributed by atoms with Gasteiger partial charge in [0, 0.05) is 0 Å². The Morgan fingerprint density at radius 2 is 1.94 bits per heavy atom. The molecule has 94 valence electrons. The molecule has 4 nitrogen and oxygen atoms in total. The van der Waals surface area contributed by atoms with Crippen LogP contribution >= 0.6 is 0 Å².